The molecule has 0 aliphatic heterocycles. The summed E-state index contributed by atoms with van der Waals surface area (Å²) in [6.45, 7) is 9.50. The van der Waals surface area contributed by atoms with Gasteiger partial charge in [-0.1, -0.05) is 19.7 Å². The maximum Gasteiger partial charge on any atom is 0.327 e. The van der Waals surface area contributed by atoms with E-state index in [1.807, 2.05) is 0 Å². The number of hydrogen-bond donors (Lipinski definition) is 6. The molecule has 0 aromatic heterocycles. The van der Waals surface area contributed by atoms with E-state index in [9.17, 15) is 24.0 Å². The van der Waals surface area contributed by atoms with Crippen LogP contribution in [-0.2, 0) is 24.0 Å². The summed E-state index contributed by atoms with van der Waals surface area (Å²) in [6, 6.07) is 0. The number of rotatable bonds is 10. The summed E-state index contributed by atoms with van der Waals surface area (Å²) in [4.78, 5) is 48.7. The molecule has 0 aliphatic rings. The monoisotopic (exact) mass is 405 g/mol. The van der Waals surface area contributed by atoms with E-state index in [1.54, 1.807) is 0 Å². The Bertz CT molecular complexity index is 471. The quantitative estimate of drug-likeness (QED) is 0.220. The van der Waals surface area contributed by atoms with E-state index in [2.05, 4.69) is 25.1 Å². The molecule has 0 unspecified atom stereocenters. The van der Waals surface area contributed by atoms with Crippen molar-refractivity contribution in [2.45, 2.75) is 25.7 Å². The van der Waals surface area contributed by atoms with Crippen LogP contribution in [0.5, 0.6) is 0 Å². The van der Waals surface area contributed by atoms with Gasteiger partial charge >= 0.3 is 23.9 Å². The first-order chi connectivity index (χ1) is 13.0. The summed E-state index contributed by atoms with van der Waals surface area (Å²) in [5, 5.41) is 42.0. The second kappa shape index (κ2) is 25.8. The van der Waals surface area contributed by atoms with Gasteiger partial charge in [-0.15, -0.1) is 0 Å². The average Bonchev–Trinajstić information content (AvgIpc) is 2.64. The van der Waals surface area contributed by atoms with E-state index in [1.165, 1.54) is 0 Å². The molecule has 0 saturated carbocycles. The lowest BCUT2D eigenvalue weighted by atomic mass is 10.3. The van der Waals surface area contributed by atoms with Crippen LogP contribution in [0, 0.1) is 0 Å². The van der Waals surface area contributed by atoms with E-state index in [0.29, 0.717) is 13.0 Å². The van der Waals surface area contributed by atoms with Crippen molar-refractivity contribution >= 4 is 29.8 Å². The number of carbonyl (C=O) groups is 5. The third kappa shape index (κ3) is 57.0. The van der Waals surface area contributed by atoms with Gasteiger partial charge in [-0.2, -0.15) is 0 Å². The number of aliphatic hydroxyl groups is 1. The zero-order valence-corrected chi connectivity index (χ0v) is 15.4. The fourth-order valence-corrected chi connectivity index (χ4v) is 0.773. The van der Waals surface area contributed by atoms with Gasteiger partial charge in [0.05, 0.1) is 6.42 Å². The molecule has 160 valence electrons. The Balaban J connectivity index is -0.000000159. The van der Waals surface area contributed by atoms with Crippen LogP contribution < -0.4 is 5.32 Å². The zero-order chi connectivity index (χ0) is 23.0. The molecule has 6 N–H and O–H groups in total. The lowest BCUT2D eigenvalue weighted by Crippen LogP contribution is -2.24. The topological polar surface area (TPSA) is 199 Å². The van der Waals surface area contributed by atoms with Crippen LogP contribution in [0.3, 0.4) is 0 Å². The average molecular weight is 405 g/mol. The van der Waals surface area contributed by atoms with Gasteiger partial charge in [0, 0.05) is 37.8 Å². The lowest BCUT2D eigenvalue weighted by Gasteiger charge is -2.02. The number of carboxylic acid groups (broad SMARTS) is 4. The second-order valence-electron chi connectivity index (χ2n) is 4.30. The van der Waals surface area contributed by atoms with Crippen molar-refractivity contribution in [2.24, 2.45) is 0 Å². The highest BCUT2D eigenvalue weighted by Crippen LogP contribution is 1.89. The third-order valence-electron chi connectivity index (χ3n) is 2.00. The van der Waals surface area contributed by atoms with E-state index in [-0.39, 0.29) is 25.4 Å². The SMILES string of the molecule is C=CC(=O)O.C=CC(=O)O.C=CC(=O)O.O=C(O)CCC(=O)NCCCCO. The summed E-state index contributed by atoms with van der Waals surface area (Å²) >= 11 is 0. The van der Waals surface area contributed by atoms with Gasteiger partial charge in [-0.05, 0) is 12.8 Å². The molecule has 0 spiro atoms. The van der Waals surface area contributed by atoms with Crippen LogP contribution in [-0.4, -0.2) is 68.5 Å². The van der Waals surface area contributed by atoms with Crippen molar-refractivity contribution in [3.05, 3.63) is 38.0 Å². The minimum absolute atomic E-state index is 0.0223. The molecular weight excluding hydrogens is 378 g/mol. The molecule has 28 heavy (non-hydrogen) atoms. The molecule has 11 heteroatoms. The number of unbranched alkanes of at least 4 members (excludes halogenated alkanes) is 1. The molecule has 0 heterocycles. The Labute approximate surface area is 162 Å². The molecule has 0 bridgehead atoms. The fourth-order valence-electron chi connectivity index (χ4n) is 0.773. The predicted molar refractivity (Wildman–Crippen MR) is 99.7 cm³/mol. The first-order valence-electron chi connectivity index (χ1n) is 7.63. The van der Waals surface area contributed by atoms with Crippen LogP contribution >= 0.6 is 0 Å². The third-order valence-corrected chi connectivity index (χ3v) is 2.00. The number of hydrogen-bond acceptors (Lipinski definition) is 6. The highest BCUT2D eigenvalue weighted by molar-refractivity contribution is 5.80. The number of nitrogens with one attached hydrogen (secondary N) is 1. The Morgan fingerprint density at radius 2 is 1.07 bits per heavy atom. The van der Waals surface area contributed by atoms with Gasteiger partial charge in [0.1, 0.15) is 0 Å². The number of carbonyl (C=O) groups excluding carboxylic acids is 1. The van der Waals surface area contributed by atoms with Crippen LogP contribution in [0.25, 0.3) is 0 Å². The van der Waals surface area contributed by atoms with Gasteiger partial charge in [0.15, 0.2) is 0 Å². The summed E-state index contributed by atoms with van der Waals surface area (Å²) in [5.74, 6) is -4.16. The van der Waals surface area contributed by atoms with E-state index < -0.39 is 23.9 Å². The van der Waals surface area contributed by atoms with Gasteiger partial charge in [-0.25, -0.2) is 14.4 Å². The number of aliphatic hydroxyl groups excluding tert-OH is 1. The van der Waals surface area contributed by atoms with E-state index in [0.717, 1.165) is 24.6 Å². The Kier molecular flexibility index (Phi) is 29.7. The lowest BCUT2D eigenvalue weighted by molar-refractivity contribution is -0.139. The standard InChI is InChI=1S/C8H15NO4.3C3H4O2/c10-6-2-1-5-9-7(11)3-4-8(12)13;3*1-2-3(4)5/h10H,1-6H2,(H,9,11)(H,12,13);3*2H,1H2,(H,4,5). The van der Waals surface area contributed by atoms with E-state index in [4.69, 9.17) is 25.5 Å². The molecule has 0 fully saturated rings. The molecule has 0 aliphatic carbocycles. The molecular formula is C17H27NO10. The highest BCUT2D eigenvalue weighted by atomic mass is 16.4. The van der Waals surface area contributed by atoms with Crippen LogP contribution in [0.15, 0.2) is 38.0 Å². The van der Waals surface area contributed by atoms with Crippen molar-refractivity contribution < 1.29 is 49.5 Å². The molecule has 0 rings (SSSR count). The minimum atomic E-state index is -0.981. The fraction of sp³-hybridized carbons (Fsp3) is 0.353. The number of amides is 1. The smallest absolute Gasteiger partial charge is 0.327 e. The van der Waals surface area contributed by atoms with Crippen LogP contribution in [0.1, 0.15) is 25.7 Å². The van der Waals surface area contributed by atoms with Crippen molar-refractivity contribution in [1.29, 1.82) is 0 Å². The Hall–Kier alpha value is -3.47. The van der Waals surface area contributed by atoms with Crippen molar-refractivity contribution in [2.75, 3.05) is 13.2 Å². The second-order valence-corrected chi connectivity index (χ2v) is 4.30. The minimum Gasteiger partial charge on any atom is -0.481 e. The largest absolute Gasteiger partial charge is 0.481 e. The van der Waals surface area contributed by atoms with Crippen LogP contribution in [0.4, 0.5) is 0 Å². The van der Waals surface area contributed by atoms with Gasteiger partial charge in [0.25, 0.3) is 0 Å². The first-order valence-corrected chi connectivity index (χ1v) is 7.63. The molecule has 0 saturated heterocycles. The maximum absolute atomic E-state index is 10.9. The molecule has 1 amide bonds. The summed E-state index contributed by atoms with van der Waals surface area (Å²) in [6.07, 6.45) is 3.76. The number of carboxylic acids is 4. The molecule has 0 aromatic carbocycles. The van der Waals surface area contributed by atoms with Crippen LogP contribution in [0.2, 0.25) is 0 Å². The summed E-state index contributed by atoms with van der Waals surface area (Å²) < 4.78 is 0. The van der Waals surface area contributed by atoms with Crippen molar-refractivity contribution in [3.63, 3.8) is 0 Å². The molecule has 0 atom stereocenters. The first kappa shape index (κ1) is 32.2. The van der Waals surface area contributed by atoms with Gasteiger partial charge in [-0.3, -0.25) is 9.59 Å². The summed E-state index contributed by atoms with van der Waals surface area (Å²) in [7, 11) is 0. The van der Waals surface area contributed by atoms with Crippen molar-refractivity contribution in [3.8, 4) is 0 Å². The number of aliphatic carboxylic acids is 4. The zero-order valence-electron chi connectivity index (χ0n) is 15.4. The molecule has 11 nitrogen and oxygen atoms in total. The van der Waals surface area contributed by atoms with Crippen molar-refractivity contribution in [1.82, 2.24) is 5.32 Å². The summed E-state index contributed by atoms with van der Waals surface area (Å²) in [5.41, 5.74) is 0. The van der Waals surface area contributed by atoms with Gasteiger partial charge < -0.3 is 30.8 Å². The Morgan fingerprint density at radius 3 is 1.32 bits per heavy atom. The molecule has 0 radical (unpaired) electrons. The maximum atomic E-state index is 10.9. The van der Waals surface area contributed by atoms with Gasteiger partial charge in [0.2, 0.25) is 5.91 Å². The highest BCUT2D eigenvalue weighted by Gasteiger charge is 2.03. The molecule has 0 aromatic rings. The predicted octanol–water partition coefficient (Wildman–Crippen LogP) is 0.511. The Morgan fingerprint density at radius 1 is 0.714 bits per heavy atom. The van der Waals surface area contributed by atoms with E-state index >= 15 is 0 Å². The normalized spacial score (nSPS) is 7.89.